The number of halogens is 1. The van der Waals surface area contributed by atoms with E-state index in [4.69, 9.17) is 0 Å². The smallest absolute Gasteiger partial charge is 0.261 e. The summed E-state index contributed by atoms with van der Waals surface area (Å²) in [6.45, 7) is 4.81. The lowest BCUT2D eigenvalue weighted by Crippen LogP contribution is -2.31. The summed E-state index contributed by atoms with van der Waals surface area (Å²) in [4.78, 5) is 40.7. The molecule has 2 heterocycles. The quantitative estimate of drug-likeness (QED) is 0.769. The minimum absolute atomic E-state index is 0. The zero-order valence-electron chi connectivity index (χ0n) is 15.3. The second-order valence-electron chi connectivity index (χ2n) is 6.84. The van der Waals surface area contributed by atoms with Crippen molar-refractivity contribution in [1.29, 1.82) is 0 Å². The van der Waals surface area contributed by atoms with Gasteiger partial charge in [0, 0.05) is 25.2 Å². The van der Waals surface area contributed by atoms with Crippen LogP contribution >= 0.6 is 12.4 Å². The van der Waals surface area contributed by atoms with E-state index in [0.717, 1.165) is 38.9 Å². The minimum Gasteiger partial charge on any atom is -0.338 e. The molecule has 1 unspecified atom stereocenters. The molecule has 26 heavy (non-hydrogen) atoms. The van der Waals surface area contributed by atoms with Crippen LogP contribution in [0, 0.1) is 5.92 Å². The SMILES string of the molecule is CCCCN1C(=O)c2ccc(C(=O)N3CCC(CNC)C3)cc2C1=O.Cl. The zero-order chi connectivity index (χ0) is 18.0. The summed E-state index contributed by atoms with van der Waals surface area (Å²) in [7, 11) is 1.91. The highest BCUT2D eigenvalue weighted by atomic mass is 35.5. The largest absolute Gasteiger partial charge is 0.338 e. The number of nitrogens with zero attached hydrogens (tertiary/aromatic N) is 2. The summed E-state index contributed by atoms with van der Waals surface area (Å²) < 4.78 is 0. The first kappa shape index (κ1) is 20.4. The molecule has 0 spiro atoms. The molecule has 0 radical (unpaired) electrons. The maximum Gasteiger partial charge on any atom is 0.261 e. The molecule has 0 bridgehead atoms. The zero-order valence-corrected chi connectivity index (χ0v) is 16.1. The summed E-state index contributed by atoms with van der Waals surface area (Å²) >= 11 is 0. The van der Waals surface area contributed by atoms with E-state index in [1.165, 1.54) is 4.90 Å². The molecule has 1 atom stereocenters. The number of likely N-dealkylation sites (tertiary alicyclic amines) is 1. The Balaban J connectivity index is 0.00000243. The number of unbranched alkanes of at least 4 members (excludes halogenated alkanes) is 1. The lowest BCUT2D eigenvalue weighted by atomic mass is 10.0. The van der Waals surface area contributed by atoms with Gasteiger partial charge in [-0.3, -0.25) is 19.3 Å². The van der Waals surface area contributed by atoms with E-state index in [-0.39, 0.29) is 30.1 Å². The topological polar surface area (TPSA) is 69.7 Å². The molecule has 3 rings (SSSR count). The van der Waals surface area contributed by atoms with Crippen molar-refractivity contribution >= 4 is 30.1 Å². The van der Waals surface area contributed by atoms with Gasteiger partial charge in [-0.2, -0.15) is 0 Å². The van der Waals surface area contributed by atoms with E-state index in [9.17, 15) is 14.4 Å². The molecule has 6 nitrogen and oxygen atoms in total. The number of carbonyl (C=O) groups excluding carboxylic acids is 3. The molecule has 7 heteroatoms. The number of carbonyl (C=O) groups is 3. The van der Waals surface area contributed by atoms with Gasteiger partial charge in [-0.15, -0.1) is 12.4 Å². The van der Waals surface area contributed by atoms with Gasteiger partial charge in [-0.1, -0.05) is 13.3 Å². The monoisotopic (exact) mass is 379 g/mol. The molecule has 1 N–H and O–H groups in total. The van der Waals surface area contributed by atoms with Crippen LogP contribution in [0.15, 0.2) is 18.2 Å². The van der Waals surface area contributed by atoms with Crippen molar-refractivity contribution < 1.29 is 14.4 Å². The molecule has 142 valence electrons. The van der Waals surface area contributed by atoms with Crippen molar-refractivity contribution in [3.05, 3.63) is 34.9 Å². The summed E-state index contributed by atoms with van der Waals surface area (Å²) in [6.07, 6.45) is 2.69. The number of fused-ring (bicyclic) bond motifs is 1. The maximum atomic E-state index is 12.7. The van der Waals surface area contributed by atoms with Crippen molar-refractivity contribution in [2.24, 2.45) is 5.92 Å². The molecule has 1 aromatic carbocycles. The second-order valence-corrected chi connectivity index (χ2v) is 6.84. The molecule has 0 saturated carbocycles. The van der Waals surface area contributed by atoms with Gasteiger partial charge in [-0.05, 0) is 50.6 Å². The number of hydrogen-bond donors (Lipinski definition) is 1. The Bertz CT molecular complexity index is 707. The van der Waals surface area contributed by atoms with Crippen LogP contribution in [-0.2, 0) is 0 Å². The minimum atomic E-state index is -0.280. The molecule has 0 aliphatic carbocycles. The van der Waals surface area contributed by atoms with Gasteiger partial charge in [0.2, 0.25) is 0 Å². The first-order chi connectivity index (χ1) is 12.1. The van der Waals surface area contributed by atoms with Crippen LogP contribution in [-0.4, -0.2) is 60.7 Å². The Morgan fingerprint density at radius 3 is 2.65 bits per heavy atom. The fourth-order valence-electron chi connectivity index (χ4n) is 3.60. The summed E-state index contributed by atoms with van der Waals surface area (Å²) in [5.74, 6) is -0.120. The molecule has 0 aromatic heterocycles. The molecule has 3 amide bonds. The van der Waals surface area contributed by atoms with Gasteiger partial charge in [-0.25, -0.2) is 0 Å². The highest BCUT2D eigenvalue weighted by Crippen LogP contribution is 2.26. The van der Waals surface area contributed by atoms with Crippen LogP contribution in [0.1, 0.15) is 57.3 Å². The third kappa shape index (κ3) is 3.76. The van der Waals surface area contributed by atoms with E-state index >= 15 is 0 Å². The van der Waals surface area contributed by atoms with Crippen LogP contribution in [0.4, 0.5) is 0 Å². The van der Waals surface area contributed by atoms with Gasteiger partial charge in [0.05, 0.1) is 11.1 Å². The number of hydrogen-bond acceptors (Lipinski definition) is 4. The number of rotatable bonds is 6. The van der Waals surface area contributed by atoms with Crippen LogP contribution in [0.3, 0.4) is 0 Å². The first-order valence-electron chi connectivity index (χ1n) is 9.01. The van der Waals surface area contributed by atoms with Gasteiger partial charge in [0.25, 0.3) is 17.7 Å². The summed E-state index contributed by atoms with van der Waals surface area (Å²) in [5, 5.41) is 3.15. The first-order valence-corrected chi connectivity index (χ1v) is 9.01. The Kier molecular flexibility index (Phi) is 6.78. The van der Waals surface area contributed by atoms with Gasteiger partial charge in [0.1, 0.15) is 0 Å². The van der Waals surface area contributed by atoms with E-state index in [1.54, 1.807) is 18.2 Å². The molecule has 1 aromatic rings. The van der Waals surface area contributed by atoms with Crippen LogP contribution < -0.4 is 5.32 Å². The average Bonchev–Trinajstić information content (AvgIpc) is 3.17. The van der Waals surface area contributed by atoms with Crippen molar-refractivity contribution in [2.75, 3.05) is 33.2 Å². The molecular weight excluding hydrogens is 354 g/mol. The number of amides is 3. The van der Waals surface area contributed by atoms with Gasteiger partial charge < -0.3 is 10.2 Å². The van der Waals surface area contributed by atoms with E-state index < -0.39 is 0 Å². The van der Waals surface area contributed by atoms with Crippen molar-refractivity contribution in [3.63, 3.8) is 0 Å². The molecular formula is C19H26ClN3O3. The fourth-order valence-corrected chi connectivity index (χ4v) is 3.60. The van der Waals surface area contributed by atoms with Crippen molar-refractivity contribution in [2.45, 2.75) is 26.2 Å². The van der Waals surface area contributed by atoms with Crippen LogP contribution in [0.5, 0.6) is 0 Å². The summed E-state index contributed by atoms with van der Waals surface area (Å²) in [6, 6.07) is 4.88. The maximum absolute atomic E-state index is 12.7. The van der Waals surface area contributed by atoms with Crippen molar-refractivity contribution in [3.8, 4) is 0 Å². The lowest BCUT2D eigenvalue weighted by Gasteiger charge is -2.17. The van der Waals surface area contributed by atoms with Crippen molar-refractivity contribution in [1.82, 2.24) is 15.1 Å². The van der Waals surface area contributed by atoms with Gasteiger partial charge >= 0.3 is 0 Å². The third-order valence-corrected chi connectivity index (χ3v) is 5.02. The van der Waals surface area contributed by atoms with E-state index in [2.05, 4.69) is 5.32 Å². The normalized spacial score (nSPS) is 18.9. The van der Waals surface area contributed by atoms with Crippen LogP contribution in [0.25, 0.3) is 0 Å². The third-order valence-electron chi connectivity index (χ3n) is 5.02. The second kappa shape index (κ2) is 8.64. The predicted octanol–water partition coefficient (Wildman–Crippen LogP) is 2.19. The number of imide groups is 1. The Hall–Kier alpha value is -1.92. The predicted molar refractivity (Wildman–Crippen MR) is 102 cm³/mol. The number of nitrogens with one attached hydrogen (secondary N) is 1. The fraction of sp³-hybridized carbons (Fsp3) is 0.526. The van der Waals surface area contributed by atoms with Gasteiger partial charge in [0.15, 0.2) is 0 Å². The lowest BCUT2D eigenvalue weighted by molar-refractivity contribution is 0.0652. The Morgan fingerprint density at radius 2 is 1.96 bits per heavy atom. The average molecular weight is 380 g/mol. The number of benzene rings is 1. The highest BCUT2D eigenvalue weighted by molar-refractivity contribution is 6.22. The van der Waals surface area contributed by atoms with E-state index in [1.807, 2.05) is 18.9 Å². The molecule has 2 aliphatic heterocycles. The Morgan fingerprint density at radius 1 is 1.23 bits per heavy atom. The molecule has 1 fully saturated rings. The molecule has 2 aliphatic rings. The molecule has 1 saturated heterocycles. The highest BCUT2D eigenvalue weighted by Gasteiger charge is 2.36. The summed E-state index contributed by atoms with van der Waals surface area (Å²) in [5.41, 5.74) is 1.26. The standard InChI is InChI=1S/C19H25N3O3.ClH/c1-3-4-8-22-18(24)15-6-5-14(10-16(15)19(22)25)17(23)21-9-7-13(12-21)11-20-2;/h5-6,10,13,20H,3-4,7-9,11-12H2,1-2H3;1H. The Labute approximate surface area is 160 Å². The van der Waals surface area contributed by atoms with E-state index in [0.29, 0.717) is 29.2 Å². The van der Waals surface area contributed by atoms with Crippen LogP contribution in [0.2, 0.25) is 0 Å².